The van der Waals surface area contributed by atoms with Gasteiger partial charge in [0.15, 0.2) is 5.82 Å². The van der Waals surface area contributed by atoms with E-state index in [2.05, 4.69) is 22.4 Å². The van der Waals surface area contributed by atoms with E-state index in [9.17, 15) is 0 Å². The van der Waals surface area contributed by atoms with Crippen molar-refractivity contribution in [2.24, 2.45) is 5.92 Å². The van der Waals surface area contributed by atoms with E-state index < -0.39 is 0 Å². The van der Waals surface area contributed by atoms with E-state index in [1.54, 1.807) is 0 Å². The van der Waals surface area contributed by atoms with Gasteiger partial charge in [0.05, 0.1) is 0 Å². The van der Waals surface area contributed by atoms with Crippen LogP contribution in [0, 0.1) is 5.92 Å². The fourth-order valence-corrected chi connectivity index (χ4v) is 2.21. The number of rotatable bonds is 5. The summed E-state index contributed by atoms with van der Waals surface area (Å²) in [4.78, 5) is 4.39. The molecule has 4 heteroatoms. The molecule has 2 heterocycles. The maximum atomic E-state index is 5.23. The molecule has 1 aromatic rings. The minimum atomic E-state index is 0.787. The average molecular weight is 223 g/mol. The van der Waals surface area contributed by atoms with Crippen LogP contribution in [0.2, 0.25) is 0 Å². The third-order valence-electron chi connectivity index (χ3n) is 3.15. The first-order chi connectivity index (χ1) is 7.88. The average Bonchev–Trinajstić information content (AvgIpc) is 2.76. The van der Waals surface area contributed by atoms with Gasteiger partial charge in [-0.25, -0.2) is 0 Å². The summed E-state index contributed by atoms with van der Waals surface area (Å²) < 4.78 is 5.23. The van der Waals surface area contributed by atoms with Gasteiger partial charge in [0.2, 0.25) is 5.89 Å². The van der Waals surface area contributed by atoms with Gasteiger partial charge in [-0.1, -0.05) is 12.1 Å². The molecule has 0 aliphatic carbocycles. The third kappa shape index (κ3) is 3.30. The van der Waals surface area contributed by atoms with Crippen molar-refractivity contribution in [3.8, 4) is 0 Å². The Balaban J connectivity index is 1.75. The fraction of sp³-hybridized carbons (Fsp3) is 0.833. The molecule has 1 saturated heterocycles. The highest BCUT2D eigenvalue weighted by Crippen LogP contribution is 2.16. The van der Waals surface area contributed by atoms with Gasteiger partial charge in [0.1, 0.15) is 0 Å². The van der Waals surface area contributed by atoms with Crippen molar-refractivity contribution < 1.29 is 4.52 Å². The standard InChI is InChI=1S/C12H21N3O/c1-2-4-11-14-12(16-15-11)7-6-10-5-3-8-13-9-10/h10,13H,2-9H2,1H3. The van der Waals surface area contributed by atoms with Gasteiger partial charge in [-0.3, -0.25) is 0 Å². The van der Waals surface area contributed by atoms with Crippen molar-refractivity contribution in [3.63, 3.8) is 0 Å². The van der Waals surface area contributed by atoms with E-state index in [0.717, 1.165) is 43.4 Å². The topological polar surface area (TPSA) is 51.0 Å². The van der Waals surface area contributed by atoms with Crippen LogP contribution in [0.5, 0.6) is 0 Å². The molecule has 1 atom stereocenters. The van der Waals surface area contributed by atoms with E-state index in [1.807, 2.05) is 0 Å². The first-order valence-corrected chi connectivity index (χ1v) is 6.40. The lowest BCUT2D eigenvalue weighted by Crippen LogP contribution is -2.29. The van der Waals surface area contributed by atoms with E-state index in [4.69, 9.17) is 4.52 Å². The van der Waals surface area contributed by atoms with Gasteiger partial charge in [-0.2, -0.15) is 4.98 Å². The molecule has 1 fully saturated rings. The van der Waals surface area contributed by atoms with E-state index in [-0.39, 0.29) is 0 Å². The zero-order valence-corrected chi connectivity index (χ0v) is 10.0. The molecule has 1 aromatic heterocycles. The van der Waals surface area contributed by atoms with Crippen LogP contribution in [0.3, 0.4) is 0 Å². The van der Waals surface area contributed by atoms with Crippen LogP contribution in [0.1, 0.15) is 44.3 Å². The Labute approximate surface area is 96.8 Å². The second-order valence-corrected chi connectivity index (χ2v) is 4.61. The Morgan fingerprint density at radius 3 is 3.12 bits per heavy atom. The molecule has 0 spiro atoms. The Hall–Kier alpha value is -0.900. The van der Waals surface area contributed by atoms with Gasteiger partial charge in [0, 0.05) is 12.8 Å². The minimum Gasteiger partial charge on any atom is -0.339 e. The molecule has 0 radical (unpaired) electrons. The highest BCUT2D eigenvalue weighted by atomic mass is 16.5. The zero-order valence-electron chi connectivity index (χ0n) is 10.0. The fourth-order valence-electron chi connectivity index (χ4n) is 2.21. The number of nitrogens with one attached hydrogen (secondary N) is 1. The highest BCUT2D eigenvalue weighted by Gasteiger charge is 2.14. The zero-order chi connectivity index (χ0) is 11.2. The summed E-state index contributed by atoms with van der Waals surface area (Å²) in [7, 11) is 0. The van der Waals surface area contributed by atoms with Crippen molar-refractivity contribution in [1.29, 1.82) is 0 Å². The Morgan fingerprint density at radius 2 is 2.38 bits per heavy atom. The third-order valence-corrected chi connectivity index (χ3v) is 3.15. The molecule has 0 saturated carbocycles. The number of hydrogen-bond acceptors (Lipinski definition) is 4. The number of hydrogen-bond donors (Lipinski definition) is 1. The van der Waals surface area contributed by atoms with Crippen molar-refractivity contribution in [1.82, 2.24) is 15.5 Å². The van der Waals surface area contributed by atoms with Gasteiger partial charge < -0.3 is 9.84 Å². The lowest BCUT2D eigenvalue weighted by atomic mass is 9.95. The number of aryl methyl sites for hydroxylation is 2. The van der Waals surface area contributed by atoms with Crippen molar-refractivity contribution in [3.05, 3.63) is 11.7 Å². The molecule has 0 aromatic carbocycles. The van der Waals surface area contributed by atoms with Crippen LogP contribution in [0.15, 0.2) is 4.52 Å². The van der Waals surface area contributed by atoms with Gasteiger partial charge >= 0.3 is 0 Å². The molecule has 16 heavy (non-hydrogen) atoms. The molecule has 1 aliphatic heterocycles. The monoisotopic (exact) mass is 223 g/mol. The number of piperidine rings is 1. The summed E-state index contributed by atoms with van der Waals surface area (Å²) in [6.45, 7) is 4.46. The van der Waals surface area contributed by atoms with Gasteiger partial charge in [-0.15, -0.1) is 0 Å². The summed E-state index contributed by atoms with van der Waals surface area (Å²) in [5.41, 5.74) is 0. The van der Waals surface area contributed by atoms with E-state index in [1.165, 1.54) is 25.8 Å². The molecular formula is C12H21N3O. The molecule has 4 nitrogen and oxygen atoms in total. The summed E-state index contributed by atoms with van der Waals surface area (Å²) in [6.07, 6.45) is 6.74. The maximum Gasteiger partial charge on any atom is 0.226 e. The highest BCUT2D eigenvalue weighted by molar-refractivity contribution is 4.87. The first kappa shape index (κ1) is 11.6. The van der Waals surface area contributed by atoms with Crippen LogP contribution in [0.25, 0.3) is 0 Å². The minimum absolute atomic E-state index is 0.787. The second kappa shape index (κ2) is 5.99. The predicted molar refractivity (Wildman–Crippen MR) is 62.2 cm³/mol. The summed E-state index contributed by atoms with van der Waals surface area (Å²) in [5, 5.41) is 7.40. The quantitative estimate of drug-likeness (QED) is 0.829. The van der Waals surface area contributed by atoms with Crippen LogP contribution in [-0.4, -0.2) is 23.2 Å². The van der Waals surface area contributed by atoms with Crippen LogP contribution in [-0.2, 0) is 12.8 Å². The molecule has 1 unspecified atom stereocenters. The predicted octanol–water partition coefficient (Wildman–Crippen LogP) is 1.95. The SMILES string of the molecule is CCCc1noc(CCC2CCCNC2)n1. The maximum absolute atomic E-state index is 5.23. The van der Waals surface area contributed by atoms with Crippen LogP contribution < -0.4 is 5.32 Å². The second-order valence-electron chi connectivity index (χ2n) is 4.61. The molecule has 90 valence electrons. The van der Waals surface area contributed by atoms with Crippen LogP contribution in [0.4, 0.5) is 0 Å². The molecule has 0 bridgehead atoms. The Bertz CT molecular complexity index is 305. The first-order valence-electron chi connectivity index (χ1n) is 6.40. The summed E-state index contributed by atoms with van der Waals surface area (Å²) >= 11 is 0. The molecular weight excluding hydrogens is 202 g/mol. The Morgan fingerprint density at radius 1 is 1.44 bits per heavy atom. The van der Waals surface area contributed by atoms with Crippen molar-refractivity contribution in [2.45, 2.75) is 45.4 Å². The van der Waals surface area contributed by atoms with E-state index >= 15 is 0 Å². The van der Waals surface area contributed by atoms with E-state index in [0.29, 0.717) is 0 Å². The summed E-state index contributed by atoms with van der Waals surface area (Å²) in [6, 6.07) is 0. The van der Waals surface area contributed by atoms with Crippen LogP contribution >= 0.6 is 0 Å². The Kier molecular flexibility index (Phi) is 4.34. The largest absolute Gasteiger partial charge is 0.339 e. The lowest BCUT2D eigenvalue weighted by Gasteiger charge is -2.21. The molecule has 1 N–H and O–H groups in total. The number of aromatic nitrogens is 2. The molecule has 0 amide bonds. The van der Waals surface area contributed by atoms with Gasteiger partial charge in [-0.05, 0) is 44.7 Å². The smallest absolute Gasteiger partial charge is 0.226 e. The molecule has 1 aliphatic rings. The van der Waals surface area contributed by atoms with Gasteiger partial charge in [0.25, 0.3) is 0 Å². The van der Waals surface area contributed by atoms with Crippen molar-refractivity contribution in [2.75, 3.05) is 13.1 Å². The lowest BCUT2D eigenvalue weighted by molar-refractivity contribution is 0.325. The number of nitrogens with zero attached hydrogens (tertiary/aromatic N) is 2. The van der Waals surface area contributed by atoms with Crippen molar-refractivity contribution >= 4 is 0 Å². The normalized spacial score (nSPS) is 21.2. The summed E-state index contributed by atoms with van der Waals surface area (Å²) in [5.74, 6) is 2.46. The molecule has 2 rings (SSSR count).